The number of carbonyl (C=O) groups excluding carboxylic acids is 3. The zero-order chi connectivity index (χ0) is 16.3. The smallest absolute Gasteiger partial charge is 0.339 e. The van der Waals surface area contributed by atoms with Gasteiger partial charge < -0.3 is 14.6 Å². The van der Waals surface area contributed by atoms with Gasteiger partial charge in [0.05, 0.1) is 24.8 Å². The van der Waals surface area contributed by atoms with Crippen molar-refractivity contribution in [2.45, 2.75) is 39.5 Å². The van der Waals surface area contributed by atoms with Crippen molar-refractivity contribution in [1.29, 1.82) is 0 Å². The van der Waals surface area contributed by atoms with Gasteiger partial charge in [0.1, 0.15) is 0 Å². The summed E-state index contributed by atoms with van der Waals surface area (Å²) in [7, 11) is 1.29. The Balaban J connectivity index is 2.28. The van der Waals surface area contributed by atoms with Gasteiger partial charge in [-0.05, 0) is 31.7 Å². The molecule has 2 rings (SSSR count). The number of ether oxygens (including phenoxy) is 1. The molecule has 1 aliphatic rings. The summed E-state index contributed by atoms with van der Waals surface area (Å²) in [6.07, 6.45) is 3.25. The standard InChI is InChI=1S/C16H22N2O4/c1-10-14(16(21)22-3)12(17-15(10)11(2)19)9-13(20)18-7-5-4-6-8-18/h17H,4-9H2,1-3H3. The molecule has 0 spiro atoms. The van der Waals surface area contributed by atoms with Gasteiger partial charge in [0.15, 0.2) is 5.78 Å². The van der Waals surface area contributed by atoms with Crippen LogP contribution >= 0.6 is 0 Å². The van der Waals surface area contributed by atoms with E-state index in [-0.39, 0.29) is 18.1 Å². The van der Waals surface area contributed by atoms with Gasteiger partial charge in [0, 0.05) is 25.7 Å². The zero-order valence-corrected chi connectivity index (χ0v) is 13.3. The van der Waals surface area contributed by atoms with Crippen LogP contribution in [0.4, 0.5) is 0 Å². The lowest BCUT2D eigenvalue weighted by Crippen LogP contribution is -2.36. The summed E-state index contributed by atoms with van der Waals surface area (Å²) in [6.45, 7) is 4.63. The molecule has 0 bridgehead atoms. The number of esters is 1. The molecule has 6 nitrogen and oxygen atoms in total. The summed E-state index contributed by atoms with van der Waals surface area (Å²) >= 11 is 0. The summed E-state index contributed by atoms with van der Waals surface area (Å²) in [4.78, 5) is 40.8. The van der Waals surface area contributed by atoms with Crippen LogP contribution in [0.5, 0.6) is 0 Å². The maximum Gasteiger partial charge on any atom is 0.339 e. The minimum atomic E-state index is -0.525. The Kier molecular flexibility index (Phi) is 5.00. The number of Topliss-reactive ketones (excluding diaryl/α,β-unsaturated/α-hetero) is 1. The van der Waals surface area contributed by atoms with Crippen molar-refractivity contribution >= 4 is 17.7 Å². The first-order valence-corrected chi connectivity index (χ1v) is 7.54. The van der Waals surface area contributed by atoms with Crippen LogP contribution in [0.15, 0.2) is 0 Å². The van der Waals surface area contributed by atoms with Crippen molar-refractivity contribution in [2.24, 2.45) is 0 Å². The molecule has 22 heavy (non-hydrogen) atoms. The normalized spacial score (nSPS) is 14.8. The van der Waals surface area contributed by atoms with Gasteiger partial charge in [0.25, 0.3) is 0 Å². The van der Waals surface area contributed by atoms with Crippen LogP contribution in [0, 0.1) is 6.92 Å². The number of carbonyl (C=O) groups is 3. The highest BCUT2D eigenvalue weighted by atomic mass is 16.5. The molecule has 0 atom stereocenters. The van der Waals surface area contributed by atoms with Gasteiger partial charge in [-0.2, -0.15) is 0 Å². The van der Waals surface area contributed by atoms with Gasteiger partial charge in [-0.15, -0.1) is 0 Å². The van der Waals surface area contributed by atoms with Crippen LogP contribution in [0.2, 0.25) is 0 Å². The average Bonchev–Trinajstić information content (AvgIpc) is 2.84. The maximum atomic E-state index is 12.4. The fraction of sp³-hybridized carbons (Fsp3) is 0.562. The quantitative estimate of drug-likeness (QED) is 0.680. The van der Waals surface area contributed by atoms with E-state index in [4.69, 9.17) is 4.74 Å². The summed E-state index contributed by atoms with van der Waals surface area (Å²) < 4.78 is 4.78. The molecule has 0 radical (unpaired) electrons. The molecule has 1 aromatic heterocycles. The number of amides is 1. The number of nitrogens with zero attached hydrogens (tertiary/aromatic N) is 1. The van der Waals surface area contributed by atoms with Crippen molar-refractivity contribution in [1.82, 2.24) is 9.88 Å². The van der Waals surface area contributed by atoms with Crippen molar-refractivity contribution in [3.63, 3.8) is 0 Å². The first-order valence-electron chi connectivity index (χ1n) is 7.54. The molecule has 2 heterocycles. The lowest BCUT2D eigenvalue weighted by Gasteiger charge is -2.26. The van der Waals surface area contributed by atoms with E-state index in [1.54, 1.807) is 6.92 Å². The van der Waals surface area contributed by atoms with E-state index in [0.29, 0.717) is 22.5 Å². The second-order valence-corrected chi connectivity index (χ2v) is 5.64. The Bertz CT molecular complexity index is 598. The van der Waals surface area contributed by atoms with Crippen LogP contribution in [0.25, 0.3) is 0 Å². The largest absolute Gasteiger partial charge is 0.465 e. The third-order valence-corrected chi connectivity index (χ3v) is 4.11. The Labute approximate surface area is 129 Å². The fourth-order valence-electron chi connectivity index (χ4n) is 2.93. The van der Waals surface area contributed by atoms with E-state index < -0.39 is 5.97 Å². The summed E-state index contributed by atoms with van der Waals surface area (Å²) in [5.41, 5.74) is 1.67. The molecular weight excluding hydrogens is 284 g/mol. The molecule has 6 heteroatoms. The van der Waals surface area contributed by atoms with Crippen LogP contribution in [-0.2, 0) is 16.0 Å². The van der Waals surface area contributed by atoms with Gasteiger partial charge in [-0.1, -0.05) is 0 Å². The maximum absolute atomic E-state index is 12.4. The number of aromatic nitrogens is 1. The summed E-state index contributed by atoms with van der Waals surface area (Å²) in [6, 6.07) is 0. The third kappa shape index (κ3) is 3.21. The molecule has 0 aliphatic carbocycles. The molecular formula is C16H22N2O4. The second-order valence-electron chi connectivity index (χ2n) is 5.64. The third-order valence-electron chi connectivity index (χ3n) is 4.11. The Morgan fingerprint density at radius 1 is 1.18 bits per heavy atom. The highest BCUT2D eigenvalue weighted by molar-refractivity contribution is 6.01. The second kappa shape index (κ2) is 6.77. The molecule has 1 saturated heterocycles. The number of piperidine rings is 1. The number of aromatic amines is 1. The van der Waals surface area contributed by atoms with E-state index >= 15 is 0 Å². The number of hydrogen-bond donors (Lipinski definition) is 1. The SMILES string of the molecule is COC(=O)c1c(CC(=O)N2CCCCC2)[nH]c(C(C)=O)c1C. The highest BCUT2D eigenvalue weighted by Gasteiger charge is 2.26. The predicted octanol–water partition coefficient (Wildman–Crippen LogP) is 1.87. The van der Waals surface area contributed by atoms with E-state index in [0.717, 1.165) is 32.4 Å². The number of ketones is 1. The van der Waals surface area contributed by atoms with Crippen molar-refractivity contribution in [3.05, 3.63) is 22.5 Å². The molecule has 1 aromatic rings. The molecule has 1 aliphatic heterocycles. The van der Waals surface area contributed by atoms with E-state index in [9.17, 15) is 14.4 Å². The minimum absolute atomic E-state index is 0.0267. The monoisotopic (exact) mass is 306 g/mol. The molecule has 0 saturated carbocycles. The molecule has 120 valence electrons. The van der Waals surface area contributed by atoms with Crippen molar-refractivity contribution in [3.8, 4) is 0 Å². The van der Waals surface area contributed by atoms with Crippen LogP contribution < -0.4 is 0 Å². The molecule has 1 amide bonds. The lowest BCUT2D eigenvalue weighted by atomic mass is 10.1. The number of H-pyrrole nitrogens is 1. The van der Waals surface area contributed by atoms with E-state index in [1.807, 2.05) is 4.90 Å². The van der Waals surface area contributed by atoms with E-state index in [1.165, 1.54) is 14.0 Å². The summed E-state index contributed by atoms with van der Waals surface area (Å²) in [5, 5.41) is 0. The topological polar surface area (TPSA) is 79.5 Å². The van der Waals surface area contributed by atoms with Gasteiger partial charge in [-0.25, -0.2) is 4.79 Å². The highest BCUT2D eigenvalue weighted by Crippen LogP contribution is 2.21. The van der Waals surface area contributed by atoms with Crippen molar-refractivity contribution < 1.29 is 19.1 Å². The molecule has 0 unspecified atom stereocenters. The van der Waals surface area contributed by atoms with Gasteiger partial charge in [-0.3, -0.25) is 9.59 Å². The molecule has 1 fully saturated rings. The van der Waals surface area contributed by atoms with Crippen LogP contribution in [-0.4, -0.2) is 47.7 Å². The van der Waals surface area contributed by atoms with E-state index in [2.05, 4.69) is 4.98 Å². The number of likely N-dealkylation sites (tertiary alicyclic amines) is 1. The number of nitrogens with one attached hydrogen (secondary N) is 1. The Morgan fingerprint density at radius 2 is 1.82 bits per heavy atom. The number of methoxy groups -OCH3 is 1. The molecule has 1 N–H and O–H groups in total. The Hall–Kier alpha value is -2.11. The Morgan fingerprint density at radius 3 is 2.36 bits per heavy atom. The lowest BCUT2D eigenvalue weighted by molar-refractivity contribution is -0.131. The predicted molar refractivity (Wildman–Crippen MR) is 81.0 cm³/mol. The van der Waals surface area contributed by atoms with Crippen LogP contribution in [0.1, 0.15) is 58.3 Å². The van der Waals surface area contributed by atoms with Crippen LogP contribution in [0.3, 0.4) is 0 Å². The van der Waals surface area contributed by atoms with Gasteiger partial charge in [0.2, 0.25) is 5.91 Å². The minimum Gasteiger partial charge on any atom is -0.465 e. The number of hydrogen-bond acceptors (Lipinski definition) is 4. The number of rotatable bonds is 4. The zero-order valence-electron chi connectivity index (χ0n) is 13.3. The summed E-state index contributed by atoms with van der Waals surface area (Å²) in [5.74, 6) is -0.719. The van der Waals surface area contributed by atoms with Gasteiger partial charge >= 0.3 is 5.97 Å². The first-order chi connectivity index (χ1) is 10.5. The molecule has 0 aromatic carbocycles. The first kappa shape index (κ1) is 16.3. The average molecular weight is 306 g/mol. The fourth-order valence-corrected chi connectivity index (χ4v) is 2.93. The van der Waals surface area contributed by atoms with Crippen molar-refractivity contribution in [2.75, 3.05) is 20.2 Å².